The van der Waals surface area contributed by atoms with Crippen molar-refractivity contribution in [2.75, 3.05) is 45.2 Å². The number of hydrogen-bond acceptors (Lipinski definition) is 5. The number of aromatic amines is 1. The molecule has 4 aromatic rings. The Balaban J connectivity index is 1.62. The predicted octanol–water partition coefficient (Wildman–Crippen LogP) is 4.05. The van der Waals surface area contributed by atoms with Crippen LogP contribution in [0, 0.1) is 0 Å². The van der Waals surface area contributed by atoms with E-state index in [2.05, 4.69) is 46.1 Å². The van der Waals surface area contributed by atoms with E-state index in [0.717, 1.165) is 65.9 Å². The number of nitrogens with zero attached hydrogens (tertiary/aromatic N) is 4. The van der Waals surface area contributed by atoms with Gasteiger partial charge in [0.25, 0.3) is 0 Å². The van der Waals surface area contributed by atoms with Crippen LogP contribution in [0.3, 0.4) is 0 Å². The molecule has 2 aromatic heterocycles. The lowest BCUT2D eigenvalue weighted by molar-refractivity contribution is 0.311. The average Bonchev–Trinajstić information content (AvgIpc) is 3.24. The fraction of sp³-hybridized carbons (Fsp3) is 0.250. The van der Waals surface area contributed by atoms with Gasteiger partial charge in [0.1, 0.15) is 5.75 Å². The molecule has 0 radical (unpaired) electrons. The van der Waals surface area contributed by atoms with Crippen LogP contribution in [0.2, 0.25) is 0 Å². The van der Waals surface area contributed by atoms with Crippen molar-refractivity contribution in [3.63, 3.8) is 0 Å². The summed E-state index contributed by atoms with van der Waals surface area (Å²) >= 11 is 0. The number of rotatable bonds is 4. The van der Waals surface area contributed by atoms with Crippen molar-refractivity contribution in [3.8, 4) is 28.3 Å². The normalized spacial score (nSPS) is 14.9. The van der Waals surface area contributed by atoms with Gasteiger partial charge in [-0.05, 0) is 43.4 Å². The van der Waals surface area contributed by atoms with Crippen molar-refractivity contribution < 1.29 is 4.74 Å². The van der Waals surface area contributed by atoms with E-state index >= 15 is 0 Å². The number of H-pyrrole nitrogens is 1. The number of para-hydroxylation sites is 1. The van der Waals surface area contributed by atoms with Gasteiger partial charge in [-0.25, -0.2) is 9.97 Å². The van der Waals surface area contributed by atoms with Gasteiger partial charge >= 0.3 is 0 Å². The molecule has 1 fully saturated rings. The van der Waals surface area contributed by atoms with E-state index in [1.54, 1.807) is 7.11 Å². The number of piperazine rings is 1. The van der Waals surface area contributed by atoms with Crippen molar-refractivity contribution in [1.29, 1.82) is 0 Å². The Morgan fingerprint density at radius 1 is 0.900 bits per heavy atom. The van der Waals surface area contributed by atoms with Crippen molar-refractivity contribution in [2.45, 2.75) is 0 Å². The fourth-order valence-electron chi connectivity index (χ4n) is 3.91. The third kappa shape index (κ3) is 3.50. The number of likely N-dealkylation sites (N-methyl/N-ethyl adjacent to an activating group) is 1. The van der Waals surface area contributed by atoms with Gasteiger partial charge in [-0.15, -0.1) is 0 Å². The minimum atomic E-state index is 0.789. The molecule has 1 saturated heterocycles. The average molecular weight is 399 g/mol. The lowest BCUT2D eigenvalue weighted by Gasteiger charge is -2.32. The highest BCUT2D eigenvalue weighted by atomic mass is 16.5. The molecular formula is C24H25N5O. The quantitative estimate of drug-likeness (QED) is 0.561. The number of benzene rings is 2. The largest absolute Gasteiger partial charge is 0.497 e. The van der Waals surface area contributed by atoms with E-state index in [0.29, 0.717) is 0 Å². The van der Waals surface area contributed by atoms with E-state index in [9.17, 15) is 0 Å². The highest BCUT2D eigenvalue weighted by Gasteiger charge is 2.19. The number of fused-ring (bicyclic) bond motifs is 1. The molecule has 5 rings (SSSR count). The third-order valence-corrected chi connectivity index (χ3v) is 5.75. The van der Waals surface area contributed by atoms with Crippen LogP contribution in [0.1, 0.15) is 0 Å². The molecule has 0 aliphatic carbocycles. The molecule has 1 aliphatic heterocycles. The summed E-state index contributed by atoms with van der Waals surface area (Å²) in [6.07, 6.45) is 2.04. The zero-order valence-electron chi connectivity index (χ0n) is 17.3. The summed E-state index contributed by atoms with van der Waals surface area (Å²) in [5.41, 5.74) is 5.11. The Hall–Kier alpha value is -3.38. The Kier molecular flexibility index (Phi) is 4.85. The Morgan fingerprint density at radius 2 is 1.63 bits per heavy atom. The van der Waals surface area contributed by atoms with E-state index in [1.165, 1.54) is 5.39 Å². The Labute approximate surface area is 176 Å². The summed E-state index contributed by atoms with van der Waals surface area (Å²) in [6, 6.07) is 18.4. The van der Waals surface area contributed by atoms with Gasteiger partial charge in [0.15, 0.2) is 0 Å². The van der Waals surface area contributed by atoms with Gasteiger partial charge in [0, 0.05) is 54.4 Å². The summed E-state index contributed by atoms with van der Waals surface area (Å²) in [5.74, 6) is 1.63. The van der Waals surface area contributed by atoms with Crippen LogP contribution in [-0.4, -0.2) is 60.2 Å². The molecular weight excluding hydrogens is 374 g/mol. The van der Waals surface area contributed by atoms with E-state index in [-0.39, 0.29) is 0 Å². The van der Waals surface area contributed by atoms with Crippen LogP contribution in [-0.2, 0) is 0 Å². The molecule has 30 heavy (non-hydrogen) atoms. The van der Waals surface area contributed by atoms with Gasteiger partial charge in [-0.1, -0.05) is 18.2 Å². The maximum Gasteiger partial charge on any atom is 0.226 e. The minimum absolute atomic E-state index is 0.789. The van der Waals surface area contributed by atoms with Gasteiger partial charge in [-0.2, -0.15) is 0 Å². The molecule has 3 heterocycles. The van der Waals surface area contributed by atoms with Crippen LogP contribution < -0.4 is 9.64 Å². The molecule has 0 unspecified atom stereocenters. The fourth-order valence-corrected chi connectivity index (χ4v) is 3.91. The first-order chi connectivity index (χ1) is 14.7. The molecule has 0 bridgehead atoms. The van der Waals surface area contributed by atoms with E-state index in [4.69, 9.17) is 14.7 Å². The minimum Gasteiger partial charge on any atom is -0.497 e. The molecule has 6 heteroatoms. The first-order valence-corrected chi connectivity index (χ1v) is 10.2. The maximum atomic E-state index is 5.32. The van der Waals surface area contributed by atoms with Crippen LogP contribution >= 0.6 is 0 Å². The van der Waals surface area contributed by atoms with Crippen LogP contribution in [0.25, 0.3) is 33.4 Å². The van der Waals surface area contributed by atoms with Gasteiger partial charge in [0.2, 0.25) is 5.95 Å². The second kappa shape index (κ2) is 7.80. The summed E-state index contributed by atoms with van der Waals surface area (Å²) in [6.45, 7) is 3.88. The van der Waals surface area contributed by atoms with Gasteiger partial charge in [0.05, 0.1) is 18.5 Å². The first kappa shape index (κ1) is 18.6. The topological polar surface area (TPSA) is 57.3 Å². The first-order valence-electron chi connectivity index (χ1n) is 10.2. The number of nitrogens with one attached hydrogen (secondary N) is 1. The highest BCUT2D eigenvalue weighted by Crippen LogP contribution is 2.32. The zero-order chi connectivity index (χ0) is 20.5. The third-order valence-electron chi connectivity index (χ3n) is 5.75. The zero-order valence-corrected chi connectivity index (χ0v) is 17.3. The monoisotopic (exact) mass is 399 g/mol. The van der Waals surface area contributed by atoms with Gasteiger partial charge in [-0.3, -0.25) is 0 Å². The van der Waals surface area contributed by atoms with Crippen molar-refractivity contribution in [3.05, 3.63) is 60.8 Å². The number of aromatic nitrogens is 3. The molecule has 6 nitrogen and oxygen atoms in total. The van der Waals surface area contributed by atoms with Crippen molar-refractivity contribution in [1.82, 2.24) is 19.9 Å². The predicted molar refractivity (Wildman–Crippen MR) is 121 cm³/mol. The molecule has 152 valence electrons. The van der Waals surface area contributed by atoms with Gasteiger partial charge < -0.3 is 19.5 Å². The molecule has 0 spiro atoms. The van der Waals surface area contributed by atoms with Crippen molar-refractivity contribution >= 4 is 16.9 Å². The Bertz CT molecular complexity index is 1160. The van der Waals surface area contributed by atoms with Crippen LogP contribution in [0.5, 0.6) is 5.75 Å². The molecule has 0 saturated carbocycles. The summed E-state index contributed by atoms with van der Waals surface area (Å²) in [4.78, 5) is 17.9. The van der Waals surface area contributed by atoms with Crippen LogP contribution in [0.15, 0.2) is 60.8 Å². The second-order valence-corrected chi connectivity index (χ2v) is 7.71. The molecule has 0 amide bonds. The van der Waals surface area contributed by atoms with Crippen LogP contribution in [0.4, 0.5) is 5.95 Å². The molecule has 0 atom stereocenters. The number of methoxy groups -OCH3 is 1. The smallest absolute Gasteiger partial charge is 0.226 e. The van der Waals surface area contributed by atoms with E-state index in [1.807, 2.05) is 36.5 Å². The molecule has 2 aromatic carbocycles. The molecule has 1 aliphatic rings. The number of hydrogen-bond donors (Lipinski definition) is 1. The second-order valence-electron chi connectivity index (χ2n) is 7.71. The highest BCUT2D eigenvalue weighted by molar-refractivity contribution is 5.95. The molecule has 1 N–H and O–H groups in total. The number of ether oxygens (including phenoxy) is 1. The maximum absolute atomic E-state index is 5.32. The number of anilines is 1. The standard InChI is InChI=1S/C24H25N5O/c1-28-11-13-29(14-12-28)24-26-22(17-7-9-18(30-2)10-8-17)15-23(27-24)20-16-25-21-6-4-3-5-19(20)21/h3-10,15-16,25H,11-14H2,1-2H3. The lowest BCUT2D eigenvalue weighted by Crippen LogP contribution is -2.45. The SMILES string of the molecule is COc1ccc(-c2cc(-c3c[nH]c4ccccc34)nc(N3CCN(C)CC3)n2)cc1. The summed E-state index contributed by atoms with van der Waals surface area (Å²) < 4.78 is 5.32. The summed E-state index contributed by atoms with van der Waals surface area (Å²) in [5, 5.41) is 1.17. The summed E-state index contributed by atoms with van der Waals surface area (Å²) in [7, 11) is 3.84. The van der Waals surface area contributed by atoms with Crippen molar-refractivity contribution in [2.24, 2.45) is 0 Å². The van der Waals surface area contributed by atoms with E-state index < -0.39 is 0 Å². The Morgan fingerprint density at radius 3 is 2.40 bits per heavy atom. The lowest BCUT2D eigenvalue weighted by atomic mass is 10.1.